The van der Waals surface area contributed by atoms with Gasteiger partial charge in [0.25, 0.3) is 11.5 Å². The maximum atomic E-state index is 13.0. The zero-order chi connectivity index (χ0) is 20.7. The summed E-state index contributed by atoms with van der Waals surface area (Å²) in [6.45, 7) is 1.95. The third kappa shape index (κ3) is 3.36. The van der Waals surface area contributed by atoms with E-state index in [9.17, 15) is 14.4 Å². The van der Waals surface area contributed by atoms with Gasteiger partial charge >= 0.3 is 5.69 Å². The molecule has 4 aromatic rings. The van der Waals surface area contributed by atoms with Gasteiger partial charge in [0, 0.05) is 24.0 Å². The van der Waals surface area contributed by atoms with E-state index in [4.69, 9.17) is 11.6 Å². The van der Waals surface area contributed by atoms with Crippen LogP contribution in [-0.4, -0.2) is 20.0 Å². The lowest BCUT2D eigenvalue weighted by atomic mass is 10.2. The van der Waals surface area contributed by atoms with E-state index in [2.05, 4.69) is 10.3 Å². The average Bonchev–Trinajstić information content (AvgIpc) is 3.01. The Labute approximate surface area is 170 Å². The van der Waals surface area contributed by atoms with E-state index in [0.29, 0.717) is 16.4 Å². The van der Waals surface area contributed by atoms with Crippen LogP contribution < -0.4 is 16.6 Å². The van der Waals surface area contributed by atoms with Crippen LogP contribution in [0.4, 0.5) is 5.69 Å². The maximum Gasteiger partial charge on any atom is 0.333 e. The largest absolute Gasteiger partial charge is 0.344 e. The molecule has 2 aromatic carbocycles. The van der Waals surface area contributed by atoms with Gasteiger partial charge < -0.3 is 14.9 Å². The first-order valence-corrected chi connectivity index (χ1v) is 9.21. The van der Waals surface area contributed by atoms with Gasteiger partial charge in [-0.1, -0.05) is 29.3 Å². The minimum Gasteiger partial charge on any atom is -0.344 e. The number of fused-ring (bicyclic) bond motifs is 1. The molecule has 2 N–H and O–H groups in total. The number of benzene rings is 2. The number of aromatic amines is 1. The van der Waals surface area contributed by atoms with Crippen LogP contribution in [0.1, 0.15) is 15.9 Å². The number of aryl methyl sites for hydroxylation is 2. The molecule has 1 amide bonds. The third-order valence-electron chi connectivity index (χ3n) is 4.66. The van der Waals surface area contributed by atoms with E-state index in [1.807, 2.05) is 19.1 Å². The van der Waals surface area contributed by atoms with E-state index >= 15 is 0 Å². The van der Waals surface area contributed by atoms with Crippen molar-refractivity contribution in [3.8, 4) is 5.69 Å². The topological polar surface area (TPSA) is 88.9 Å². The van der Waals surface area contributed by atoms with Crippen LogP contribution in [-0.2, 0) is 7.05 Å². The van der Waals surface area contributed by atoms with Crippen LogP contribution in [0, 0.1) is 6.92 Å². The molecule has 2 heterocycles. The molecule has 0 bridgehead atoms. The Morgan fingerprint density at radius 3 is 2.34 bits per heavy atom. The molecule has 8 heteroatoms. The molecule has 2 aromatic heterocycles. The summed E-state index contributed by atoms with van der Waals surface area (Å²) in [4.78, 5) is 41.1. The van der Waals surface area contributed by atoms with Gasteiger partial charge in [0.15, 0.2) is 0 Å². The smallest absolute Gasteiger partial charge is 0.333 e. The fourth-order valence-corrected chi connectivity index (χ4v) is 3.33. The number of hydrogen-bond donors (Lipinski definition) is 2. The zero-order valence-electron chi connectivity index (χ0n) is 15.7. The van der Waals surface area contributed by atoms with Crippen molar-refractivity contribution in [2.75, 3.05) is 5.32 Å². The van der Waals surface area contributed by atoms with Gasteiger partial charge in [-0.25, -0.2) is 9.36 Å². The predicted octanol–water partition coefficient (Wildman–Crippen LogP) is 3.23. The number of rotatable bonds is 3. The highest BCUT2D eigenvalue weighted by Crippen LogP contribution is 2.18. The molecule has 0 atom stereocenters. The first-order valence-electron chi connectivity index (χ1n) is 8.83. The quantitative estimate of drug-likeness (QED) is 0.545. The number of amides is 1. The Morgan fingerprint density at radius 2 is 1.69 bits per heavy atom. The number of anilines is 1. The number of carbonyl (C=O) groups excluding carboxylic acids is 1. The monoisotopic (exact) mass is 408 g/mol. The number of aromatic nitrogens is 3. The highest BCUT2D eigenvalue weighted by Gasteiger charge is 2.20. The van der Waals surface area contributed by atoms with Crippen molar-refractivity contribution >= 4 is 34.2 Å². The van der Waals surface area contributed by atoms with Gasteiger partial charge in [-0.2, -0.15) is 0 Å². The van der Waals surface area contributed by atoms with Gasteiger partial charge in [-0.05, 0) is 43.3 Å². The summed E-state index contributed by atoms with van der Waals surface area (Å²) in [5.74, 6) is -0.418. The number of nitrogens with zero attached hydrogens (tertiary/aromatic N) is 2. The normalized spacial score (nSPS) is 11.0. The van der Waals surface area contributed by atoms with Gasteiger partial charge in [0.2, 0.25) is 0 Å². The predicted molar refractivity (Wildman–Crippen MR) is 113 cm³/mol. The number of hydrogen-bond acceptors (Lipinski definition) is 3. The molecular weight excluding hydrogens is 392 g/mol. The number of H-pyrrole nitrogens is 1. The summed E-state index contributed by atoms with van der Waals surface area (Å²) >= 11 is 5.89. The molecule has 0 aliphatic rings. The summed E-state index contributed by atoms with van der Waals surface area (Å²) in [5, 5.41) is 3.28. The van der Waals surface area contributed by atoms with E-state index in [-0.39, 0.29) is 16.6 Å². The Bertz CT molecular complexity index is 1350. The van der Waals surface area contributed by atoms with Crippen LogP contribution in [0.25, 0.3) is 16.7 Å². The van der Waals surface area contributed by atoms with E-state index in [0.717, 1.165) is 10.1 Å². The Morgan fingerprint density at radius 1 is 1.03 bits per heavy atom. The third-order valence-corrected chi connectivity index (χ3v) is 4.91. The molecule has 146 valence electrons. The van der Waals surface area contributed by atoms with Crippen LogP contribution >= 0.6 is 11.6 Å². The highest BCUT2D eigenvalue weighted by molar-refractivity contribution is 6.30. The fraction of sp³-hybridized carbons (Fsp3) is 0.0952. The Kier molecular flexibility index (Phi) is 4.60. The molecular formula is C21H17ClN4O3. The molecule has 0 unspecified atom stereocenters. The minimum atomic E-state index is -0.639. The average molecular weight is 409 g/mol. The summed E-state index contributed by atoms with van der Waals surface area (Å²) in [6, 6.07) is 13.7. The Hall–Kier alpha value is -3.58. The van der Waals surface area contributed by atoms with Crippen molar-refractivity contribution in [3.63, 3.8) is 0 Å². The van der Waals surface area contributed by atoms with E-state index in [1.54, 1.807) is 43.4 Å². The van der Waals surface area contributed by atoms with Crippen molar-refractivity contribution in [2.45, 2.75) is 6.92 Å². The molecule has 7 nitrogen and oxygen atoms in total. The lowest BCUT2D eigenvalue weighted by Crippen LogP contribution is -2.34. The number of nitrogens with one attached hydrogen (secondary N) is 2. The van der Waals surface area contributed by atoms with Crippen molar-refractivity contribution in [1.82, 2.24) is 14.1 Å². The molecule has 0 radical (unpaired) electrons. The van der Waals surface area contributed by atoms with E-state index < -0.39 is 17.2 Å². The lowest BCUT2D eigenvalue weighted by molar-refractivity contribution is 0.102. The van der Waals surface area contributed by atoms with Crippen molar-refractivity contribution < 1.29 is 4.79 Å². The first kappa shape index (κ1) is 18.8. The van der Waals surface area contributed by atoms with Gasteiger partial charge in [-0.3, -0.25) is 9.59 Å². The van der Waals surface area contributed by atoms with Gasteiger partial charge in [-0.15, -0.1) is 0 Å². The molecule has 4 rings (SSSR count). The van der Waals surface area contributed by atoms with Gasteiger partial charge in [0.1, 0.15) is 5.52 Å². The lowest BCUT2D eigenvalue weighted by Gasteiger charge is -2.07. The van der Waals surface area contributed by atoms with Crippen LogP contribution in [0.15, 0.2) is 64.3 Å². The van der Waals surface area contributed by atoms with Crippen LogP contribution in [0.2, 0.25) is 5.02 Å². The SMILES string of the molecule is Cc1ccc(NC(=O)c2cn(C)c3c(=O)n(-c4ccc(Cl)cc4)c(=O)[nH]c23)cc1. The molecule has 0 aliphatic carbocycles. The van der Waals surface area contributed by atoms with Crippen LogP contribution in [0.5, 0.6) is 0 Å². The molecule has 29 heavy (non-hydrogen) atoms. The molecule has 0 saturated carbocycles. The summed E-state index contributed by atoms with van der Waals surface area (Å²) in [6.07, 6.45) is 1.53. The second-order valence-corrected chi connectivity index (χ2v) is 7.18. The summed E-state index contributed by atoms with van der Waals surface area (Å²) in [7, 11) is 1.65. The second kappa shape index (κ2) is 7.10. The van der Waals surface area contributed by atoms with E-state index in [1.165, 1.54) is 10.8 Å². The fourth-order valence-electron chi connectivity index (χ4n) is 3.20. The summed E-state index contributed by atoms with van der Waals surface area (Å²) < 4.78 is 2.55. The maximum absolute atomic E-state index is 13.0. The Balaban J connectivity index is 1.83. The van der Waals surface area contributed by atoms with Crippen molar-refractivity contribution in [3.05, 3.63) is 91.7 Å². The summed E-state index contributed by atoms with van der Waals surface area (Å²) in [5.41, 5.74) is 1.53. The standard InChI is InChI=1S/C21H17ClN4O3/c1-12-3-7-14(8-4-12)23-19(27)16-11-25(2)18-17(16)24-21(29)26(20(18)28)15-9-5-13(22)6-10-15/h3-11H,1-2H3,(H,23,27)(H,24,29). The molecule has 0 saturated heterocycles. The molecule has 0 aliphatic heterocycles. The van der Waals surface area contributed by atoms with Gasteiger partial charge in [0.05, 0.1) is 16.8 Å². The first-order chi connectivity index (χ1) is 13.8. The zero-order valence-corrected chi connectivity index (χ0v) is 16.4. The van der Waals surface area contributed by atoms with Crippen molar-refractivity contribution in [2.24, 2.45) is 7.05 Å². The molecule has 0 fully saturated rings. The minimum absolute atomic E-state index is 0.192. The highest BCUT2D eigenvalue weighted by atomic mass is 35.5. The molecule has 0 spiro atoms. The van der Waals surface area contributed by atoms with Crippen molar-refractivity contribution in [1.29, 1.82) is 0 Å². The number of carbonyl (C=O) groups is 1. The second-order valence-electron chi connectivity index (χ2n) is 6.74. The van der Waals surface area contributed by atoms with Crippen LogP contribution in [0.3, 0.4) is 0 Å². The number of halogens is 1.